The highest BCUT2D eigenvalue weighted by Gasteiger charge is 2.34. The van der Waals surface area contributed by atoms with Crippen LogP contribution in [-0.4, -0.2) is 84.2 Å². The van der Waals surface area contributed by atoms with Crippen LogP contribution >= 0.6 is 0 Å². The fraction of sp³-hybridized carbons (Fsp3) is 0.519. The zero-order valence-corrected chi connectivity index (χ0v) is 23.3. The summed E-state index contributed by atoms with van der Waals surface area (Å²) in [6, 6.07) is 4.36. The van der Waals surface area contributed by atoms with Gasteiger partial charge in [-0.15, -0.1) is 0 Å². The van der Waals surface area contributed by atoms with Crippen molar-refractivity contribution in [3.8, 4) is 0 Å². The molecule has 2 rings (SSSR count). The van der Waals surface area contributed by atoms with Crippen molar-refractivity contribution in [2.45, 2.75) is 63.1 Å². The van der Waals surface area contributed by atoms with E-state index >= 15 is 0 Å². The molecule has 1 aromatic carbocycles. The van der Waals surface area contributed by atoms with Gasteiger partial charge >= 0.3 is 5.97 Å². The largest absolute Gasteiger partial charge is 0.479 e. The highest BCUT2D eigenvalue weighted by atomic mass is 16.4. The Morgan fingerprint density at radius 3 is 2.21 bits per heavy atom. The van der Waals surface area contributed by atoms with Crippen molar-refractivity contribution >= 4 is 41.3 Å². The first kappa shape index (κ1) is 33.7. The number of carbonyl (C=O) groups is 6. The maximum absolute atomic E-state index is 13.5. The predicted octanol–water partition coefficient (Wildman–Crippen LogP) is -2.34. The molecule has 4 atom stereocenters. The fourth-order valence-electron chi connectivity index (χ4n) is 4.41. The Morgan fingerprint density at radius 2 is 1.57 bits per heavy atom. The standard InChI is InChI=1S/C27H40N8O7/c28-11-5-4-10-18-20(36)14-17(9-6-12-31-27(29)30)23(38)32-15-21(37)35-22(26(41)42)25(40)34-19(24(39)33-18)13-16-7-2-1-3-8-16/h1-3,7-8,17-19,22H,4-6,9-15,28H2,(H,32,38)(H,33,39)(H,34,40)(H,35,37)(H,41,42)(H4,29,30,31)/t17-,18+,19-,22-/m0/s1. The van der Waals surface area contributed by atoms with Crippen molar-refractivity contribution in [1.82, 2.24) is 21.3 Å². The molecule has 15 heteroatoms. The molecule has 42 heavy (non-hydrogen) atoms. The Balaban J connectivity index is 2.43. The second-order valence-corrected chi connectivity index (χ2v) is 9.97. The monoisotopic (exact) mass is 588 g/mol. The van der Waals surface area contributed by atoms with Gasteiger partial charge in [0.25, 0.3) is 5.91 Å². The molecular weight excluding hydrogens is 548 g/mol. The molecule has 1 heterocycles. The summed E-state index contributed by atoms with van der Waals surface area (Å²) in [5.41, 5.74) is 17.0. The number of Topliss-reactive ketones (excluding diaryl/α,β-unsaturated/α-hetero) is 1. The van der Waals surface area contributed by atoms with E-state index in [-0.39, 0.29) is 38.2 Å². The summed E-state index contributed by atoms with van der Waals surface area (Å²) in [7, 11) is 0. The molecule has 0 aliphatic carbocycles. The van der Waals surface area contributed by atoms with Gasteiger partial charge in [-0.1, -0.05) is 30.3 Å². The van der Waals surface area contributed by atoms with Crippen LogP contribution in [-0.2, 0) is 35.2 Å². The average molecular weight is 589 g/mol. The molecule has 0 radical (unpaired) electrons. The van der Waals surface area contributed by atoms with Gasteiger partial charge in [0.15, 0.2) is 11.7 Å². The Bertz CT molecular complexity index is 1140. The quantitative estimate of drug-likeness (QED) is 0.0591. The Morgan fingerprint density at radius 1 is 0.881 bits per heavy atom. The van der Waals surface area contributed by atoms with E-state index < -0.39 is 66.0 Å². The van der Waals surface area contributed by atoms with Crippen molar-refractivity contribution in [1.29, 1.82) is 0 Å². The normalized spacial score (nSPS) is 22.5. The third-order valence-electron chi connectivity index (χ3n) is 6.63. The summed E-state index contributed by atoms with van der Waals surface area (Å²) in [4.78, 5) is 81.2. The lowest BCUT2D eigenvalue weighted by atomic mass is 9.91. The number of guanidine groups is 1. The number of amides is 4. The van der Waals surface area contributed by atoms with E-state index in [1.54, 1.807) is 30.3 Å². The first-order chi connectivity index (χ1) is 20.0. The number of aliphatic imine (C=N–C) groups is 1. The third-order valence-corrected chi connectivity index (χ3v) is 6.63. The van der Waals surface area contributed by atoms with Gasteiger partial charge in [0.2, 0.25) is 23.8 Å². The molecule has 230 valence electrons. The molecule has 1 aromatic rings. The summed E-state index contributed by atoms with van der Waals surface area (Å²) >= 11 is 0. The van der Waals surface area contributed by atoms with E-state index in [4.69, 9.17) is 17.2 Å². The van der Waals surface area contributed by atoms with Crippen LogP contribution in [0.15, 0.2) is 35.3 Å². The van der Waals surface area contributed by atoms with Gasteiger partial charge in [-0.3, -0.25) is 29.0 Å². The summed E-state index contributed by atoms with van der Waals surface area (Å²) in [5, 5.41) is 19.2. The van der Waals surface area contributed by atoms with E-state index in [2.05, 4.69) is 26.3 Å². The molecule has 0 saturated carbocycles. The topological polar surface area (TPSA) is 261 Å². The van der Waals surface area contributed by atoms with Crippen molar-refractivity contribution in [2.24, 2.45) is 28.1 Å². The van der Waals surface area contributed by atoms with E-state index in [1.165, 1.54) is 0 Å². The van der Waals surface area contributed by atoms with Crippen LogP contribution in [0.5, 0.6) is 0 Å². The average Bonchev–Trinajstić information content (AvgIpc) is 2.95. The van der Waals surface area contributed by atoms with Gasteiger partial charge in [0.1, 0.15) is 6.04 Å². The van der Waals surface area contributed by atoms with Crippen LogP contribution < -0.4 is 38.5 Å². The molecule has 0 bridgehead atoms. The summed E-state index contributed by atoms with van der Waals surface area (Å²) in [6.07, 6.45) is 1.58. The van der Waals surface area contributed by atoms with Gasteiger partial charge < -0.3 is 43.6 Å². The summed E-state index contributed by atoms with van der Waals surface area (Å²) in [6.45, 7) is -0.0687. The lowest BCUT2D eigenvalue weighted by molar-refractivity contribution is -0.147. The molecular formula is C27H40N8O7. The molecule has 4 amide bonds. The van der Waals surface area contributed by atoms with Gasteiger partial charge in [-0.05, 0) is 44.2 Å². The van der Waals surface area contributed by atoms with Crippen molar-refractivity contribution < 1.29 is 33.9 Å². The number of hydrogen-bond donors (Lipinski definition) is 8. The molecule has 11 N–H and O–H groups in total. The predicted molar refractivity (Wildman–Crippen MR) is 153 cm³/mol. The van der Waals surface area contributed by atoms with Crippen LogP contribution in [0.3, 0.4) is 0 Å². The zero-order chi connectivity index (χ0) is 31.1. The molecule has 1 fully saturated rings. The van der Waals surface area contributed by atoms with Crippen LogP contribution in [0.4, 0.5) is 0 Å². The number of carboxylic acid groups (broad SMARTS) is 1. The highest BCUT2D eigenvalue weighted by Crippen LogP contribution is 2.17. The molecule has 0 spiro atoms. The van der Waals surface area contributed by atoms with E-state index in [1.807, 2.05) is 0 Å². The van der Waals surface area contributed by atoms with Gasteiger partial charge in [-0.2, -0.15) is 0 Å². The maximum atomic E-state index is 13.5. The number of unbranched alkanes of at least 4 members (excludes halogenated alkanes) is 1. The van der Waals surface area contributed by atoms with Crippen molar-refractivity contribution in [2.75, 3.05) is 19.6 Å². The Hall–Kier alpha value is -4.53. The number of nitrogens with two attached hydrogens (primary N) is 3. The first-order valence-corrected chi connectivity index (χ1v) is 13.7. The second-order valence-electron chi connectivity index (χ2n) is 9.97. The number of aliphatic carboxylic acids is 1. The lowest BCUT2D eigenvalue weighted by Crippen LogP contribution is -2.58. The first-order valence-electron chi connectivity index (χ1n) is 13.7. The Labute approximate surface area is 243 Å². The van der Waals surface area contributed by atoms with Crippen LogP contribution in [0.25, 0.3) is 0 Å². The molecule has 15 nitrogen and oxygen atoms in total. The number of nitrogens with one attached hydrogen (secondary N) is 4. The molecule has 1 aliphatic rings. The maximum Gasteiger partial charge on any atom is 0.336 e. The lowest BCUT2D eigenvalue weighted by Gasteiger charge is -2.25. The smallest absolute Gasteiger partial charge is 0.336 e. The Kier molecular flexibility index (Phi) is 13.9. The molecule has 1 saturated heterocycles. The number of carbonyl (C=O) groups excluding carboxylic acids is 5. The summed E-state index contributed by atoms with van der Waals surface area (Å²) < 4.78 is 0. The molecule has 1 aliphatic heterocycles. The van der Waals surface area contributed by atoms with Crippen molar-refractivity contribution in [3.05, 3.63) is 35.9 Å². The highest BCUT2D eigenvalue weighted by molar-refractivity contribution is 6.06. The minimum absolute atomic E-state index is 0.0180. The number of hydrogen-bond acceptors (Lipinski definition) is 8. The summed E-state index contributed by atoms with van der Waals surface area (Å²) in [5.74, 6) is -6.56. The second kappa shape index (κ2) is 17.3. The van der Waals surface area contributed by atoms with E-state index in [0.29, 0.717) is 31.4 Å². The number of carboxylic acids is 1. The van der Waals surface area contributed by atoms with Crippen molar-refractivity contribution in [3.63, 3.8) is 0 Å². The van der Waals surface area contributed by atoms with E-state index in [0.717, 1.165) is 0 Å². The van der Waals surface area contributed by atoms with Crippen LogP contribution in [0.2, 0.25) is 0 Å². The van der Waals surface area contributed by atoms with Crippen LogP contribution in [0, 0.1) is 5.92 Å². The van der Waals surface area contributed by atoms with Gasteiger partial charge in [0.05, 0.1) is 12.6 Å². The number of ketones is 1. The van der Waals surface area contributed by atoms with E-state index in [9.17, 15) is 33.9 Å². The zero-order valence-electron chi connectivity index (χ0n) is 23.3. The van der Waals surface area contributed by atoms with Crippen LogP contribution in [0.1, 0.15) is 44.1 Å². The fourth-order valence-corrected chi connectivity index (χ4v) is 4.41. The SMILES string of the molecule is NCCCC[C@H]1NC(=O)[C@H](Cc2ccccc2)NC(=O)[C@@H](C(=O)O)NC(=O)CNC(=O)[C@@H](CCCN=C(N)N)CC1=O. The number of rotatable bonds is 11. The number of benzene rings is 1. The third kappa shape index (κ3) is 11.5. The minimum atomic E-state index is -2.04. The number of nitrogens with zero attached hydrogens (tertiary/aromatic N) is 1. The molecule has 0 aromatic heterocycles. The van der Waals surface area contributed by atoms with Gasteiger partial charge in [0, 0.05) is 25.3 Å². The molecule has 0 unspecified atom stereocenters. The minimum Gasteiger partial charge on any atom is -0.479 e. The van der Waals surface area contributed by atoms with Gasteiger partial charge in [-0.25, -0.2) is 4.79 Å².